The second-order valence-corrected chi connectivity index (χ2v) is 5.30. The van der Waals surface area contributed by atoms with Crippen molar-refractivity contribution >= 4 is 5.91 Å². The lowest BCUT2D eigenvalue weighted by Crippen LogP contribution is -2.22. The molecule has 2 aromatic rings. The molecule has 0 saturated heterocycles. The normalized spacial score (nSPS) is 10.7. The summed E-state index contributed by atoms with van der Waals surface area (Å²) < 4.78 is 0. The molecule has 0 saturated carbocycles. The lowest BCUT2D eigenvalue weighted by molar-refractivity contribution is -0.121. The first-order valence-electron chi connectivity index (χ1n) is 7.84. The zero-order valence-electron chi connectivity index (χ0n) is 12.9. The summed E-state index contributed by atoms with van der Waals surface area (Å²) in [6.45, 7) is 0.609. The van der Waals surface area contributed by atoms with Gasteiger partial charge in [-0.3, -0.25) is 4.79 Å². The van der Waals surface area contributed by atoms with Gasteiger partial charge in [-0.1, -0.05) is 72.8 Å². The molecule has 1 amide bonds. The van der Waals surface area contributed by atoms with Crippen molar-refractivity contribution in [3.05, 3.63) is 83.9 Å². The molecule has 2 heteroatoms. The van der Waals surface area contributed by atoms with Crippen LogP contribution in [0.4, 0.5) is 0 Å². The third-order valence-corrected chi connectivity index (χ3v) is 3.48. The van der Waals surface area contributed by atoms with Gasteiger partial charge in [0.2, 0.25) is 5.91 Å². The fourth-order valence-electron chi connectivity index (χ4n) is 2.23. The van der Waals surface area contributed by atoms with Crippen LogP contribution in [0.15, 0.2) is 72.8 Å². The molecule has 0 aliphatic carbocycles. The van der Waals surface area contributed by atoms with E-state index in [-0.39, 0.29) is 5.91 Å². The summed E-state index contributed by atoms with van der Waals surface area (Å²) >= 11 is 0. The number of hydrogen-bond acceptors (Lipinski definition) is 1. The van der Waals surface area contributed by atoms with Crippen molar-refractivity contribution in [3.63, 3.8) is 0 Å². The standard InChI is InChI=1S/C20H23NO/c22-20(21-17-19-14-8-4-9-15-19)16-10-2-1-5-11-18-12-6-3-7-13-18/h1-4,6-9,12-15H,5,10-11,16-17H2,(H,21,22)/b2-1+. The number of allylic oxidation sites excluding steroid dienone is 2. The van der Waals surface area contributed by atoms with Crippen molar-refractivity contribution in [3.8, 4) is 0 Å². The Morgan fingerprint density at radius 3 is 2.09 bits per heavy atom. The van der Waals surface area contributed by atoms with Gasteiger partial charge in [-0.2, -0.15) is 0 Å². The first kappa shape index (κ1) is 16.0. The van der Waals surface area contributed by atoms with Gasteiger partial charge in [-0.05, 0) is 30.4 Å². The van der Waals surface area contributed by atoms with Crippen LogP contribution in [-0.4, -0.2) is 5.91 Å². The topological polar surface area (TPSA) is 29.1 Å². The Kier molecular flexibility index (Phi) is 6.97. The number of hydrogen-bond donors (Lipinski definition) is 1. The van der Waals surface area contributed by atoms with Crippen molar-refractivity contribution in [2.45, 2.75) is 32.2 Å². The zero-order valence-corrected chi connectivity index (χ0v) is 12.9. The minimum atomic E-state index is 0.108. The SMILES string of the molecule is O=C(CC/C=C/CCc1ccccc1)NCc1ccccc1. The summed E-state index contributed by atoms with van der Waals surface area (Å²) in [5.41, 5.74) is 2.49. The number of amides is 1. The Balaban J connectivity index is 1.56. The largest absolute Gasteiger partial charge is 0.352 e. The fraction of sp³-hybridized carbons (Fsp3) is 0.250. The van der Waals surface area contributed by atoms with Crippen molar-refractivity contribution in [1.82, 2.24) is 5.32 Å². The second-order valence-electron chi connectivity index (χ2n) is 5.30. The van der Waals surface area contributed by atoms with Gasteiger partial charge in [0.1, 0.15) is 0 Å². The summed E-state index contributed by atoms with van der Waals surface area (Å²) in [5, 5.41) is 2.94. The summed E-state index contributed by atoms with van der Waals surface area (Å²) in [4.78, 5) is 11.7. The minimum absolute atomic E-state index is 0.108. The number of nitrogens with one attached hydrogen (secondary N) is 1. The van der Waals surface area contributed by atoms with Crippen LogP contribution in [0.25, 0.3) is 0 Å². The first-order chi connectivity index (χ1) is 10.8. The molecule has 0 aliphatic rings. The summed E-state index contributed by atoms with van der Waals surface area (Å²) in [7, 11) is 0. The number of aryl methyl sites for hydroxylation is 1. The molecule has 1 N–H and O–H groups in total. The number of carbonyl (C=O) groups excluding carboxylic acids is 1. The van der Waals surface area contributed by atoms with E-state index >= 15 is 0 Å². The first-order valence-corrected chi connectivity index (χ1v) is 7.84. The molecule has 0 aliphatic heterocycles. The zero-order chi connectivity index (χ0) is 15.5. The van der Waals surface area contributed by atoms with E-state index in [1.807, 2.05) is 36.4 Å². The molecule has 2 aromatic carbocycles. The lowest BCUT2D eigenvalue weighted by atomic mass is 10.1. The van der Waals surface area contributed by atoms with Gasteiger partial charge < -0.3 is 5.32 Å². The highest BCUT2D eigenvalue weighted by atomic mass is 16.1. The van der Waals surface area contributed by atoms with Gasteiger partial charge in [-0.15, -0.1) is 0 Å². The molecule has 0 radical (unpaired) electrons. The van der Waals surface area contributed by atoms with Crippen molar-refractivity contribution in [1.29, 1.82) is 0 Å². The van der Waals surface area contributed by atoms with E-state index in [1.165, 1.54) is 5.56 Å². The van der Waals surface area contributed by atoms with Crippen LogP contribution in [0.5, 0.6) is 0 Å². The van der Waals surface area contributed by atoms with Crippen LogP contribution in [0.1, 0.15) is 30.4 Å². The van der Waals surface area contributed by atoms with Crippen LogP contribution in [-0.2, 0) is 17.8 Å². The number of benzene rings is 2. The predicted octanol–water partition coefficient (Wildman–Crippen LogP) is 4.27. The van der Waals surface area contributed by atoms with Gasteiger partial charge in [0, 0.05) is 13.0 Å². The van der Waals surface area contributed by atoms with E-state index in [4.69, 9.17) is 0 Å². The molecule has 0 aromatic heterocycles. The smallest absolute Gasteiger partial charge is 0.220 e. The number of rotatable bonds is 8. The Bertz CT molecular complexity index is 575. The van der Waals surface area contributed by atoms with E-state index in [0.29, 0.717) is 13.0 Å². The van der Waals surface area contributed by atoms with Gasteiger partial charge >= 0.3 is 0 Å². The highest BCUT2D eigenvalue weighted by Gasteiger charge is 1.99. The minimum Gasteiger partial charge on any atom is -0.352 e. The Labute approximate surface area is 132 Å². The molecule has 0 fully saturated rings. The number of carbonyl (C=O) groups is 1. The molecule has 114 valence electrons. The molecule has 0 spiro atoms. The van der Waals surface area contributed by atoms with E-state index in [1.54, 1.807) is 0 Å². The van der Waals surface area contributed by atoms with E-state index in [0.717, 1.165) is 24.8 Å². The molecule has 22 heavy (non-hydrogen) atoms. The van der Waals surface area contributed by atoms with Crippen LogP contribution in [0, 0.1) is 0 Å². The fourth-order valence-corrected chi connectivity index (χ4v) is 2.23. The lowest BCUT2D eigenvalue weighted by Gasteiger charge is -2.03. The van der Waals surface area contributed by atoms with Crippen molar-refractivity contribution < 1.29 is 4.79 Å². The quantitative estimate of drug-likeness (QED) is 0.723. The van der Waals surface area contributed by atoms with E-state index in [9.17, 15) is 4.79 Å². The van der Waals surface area contributed by atoms with Crippen LogP contribution >= 0.6 is 0 Å². The van der Waals surface area contributed by atoms with Gasteiger partial charge in [-0.25, -0.2) is 0 Å². The average molecular weight is 293 g/mol. The van der Waals surface area contributed by atoms with Crippen LogP contribution in [0.3, 0.4) is 0 Å². The summed E-state index contributed by atoms with van der Waals surface area (Å²) in [6, 6.07) is 20.4. The van der Waals surface area contributed by atoms with E-state index in [2.05, 4.69) is 41.7 Å². The predicted molar refractivity (Wildman–Crippen MR) is 91.4 cm³/mol. The molecular weight excluding hydrogens is 270 g/mol. The third kappa shape index (κ3) is 6.40. The summed E-state index contributed by atoms with van der Waals surface area (Å²) in [5.74, 6) is 0.108. The van der Waals surface area contributed by atoms with Gasteiger partial charge in [0.25, 0.3) is 0 Å². The maximum absolute atomic E-state index is 11.7. The maximum atomic E-state index is 11.7. The van der Waals surface area contributed by atoms with Crippen molar-refractivity contribution in [2.24, 2.45) is 0 Å². The molecule has 2 nitrogen and oxygen atoms in total. The van der Waals surface area contributed by atoms with Crippen LogP contribution < -0.4 is 5.32 Å². The highest BCUT2D eigenvalue weighted by Crippen LogP contribution is 2.04. The molecule has 0 heterocycles. The molecule has 0 unspecified atom stereocenters. The second kappa shape index (κ2) is 9.56. The van der Waals surface area contributed by atoms with E-state index < -0.39 is 0 Å². The van der Waals surface area contributed by atoms with Crippen LogP contribution in [0.2, 0.25) is 0 Å². The van der Waals surface area contributed by atoms with Gasteiger partial charge in [0.15, 0.2) is 0 Å². The summed E-state index contributed by atoms with van der Waals surface area (Å²) in [6.07, 6.45) is 7.69. The van der Waals surface area contributed by atoms with Crippen molar-refractivity contribution in [2.75, 3.05) is 0 Å². The Morgan fingerprint density at radius 1 is 0.818 bits per heavy atom. The Morgan fingerprint density at radius 2 is 1.41 bits per heavy atom. The molecular formula is C20H23NO. The maximum Gasteiger partial charge on any atom is 0.220 e. The Hall–Kier alpha value is -2.35. The molecule has 0 atom stereocenters. The average Bonchev–Trinajstić information content (AvgIpc) is 2.58. The molecule has 0 bridgehead atoms. The monoisotopic (exact) mass is 293 g/mol. The van der Waals surface area contributed by atoms with Gasteiger partial charge in [0.05, 0.1) is 0 Å². The highest BCUT2D eigenvalue weighted by molar-refractivity contribution is 5.75. The molecule has 2 rings (SSSR count). The third-order valence-electron chi connectivity index (χ3n) is 3.48.